The minimum atomic E-state index is -3.03. The number of nitrogens with zero attached hydrogens (tertiary/aromatic N) is 1. The van der Waals surface area contributed by atoms with E-state index in [1.807, 2.05) is 30.5 Å². The van der Waals surface area contributed by atoms with Gasteiger partial charge in [0.15, 0.2) is 0 Å². The third-order valence-electron chi connectivity index (χ3n) is 2.46. The maximum Gasteiger partial charge on any atom is 0.235 e. The first kappa shape index (κ1) is 10.8. The summed E-state index contributed by atoms with van der Waals surface area (Å²) in [5.74, 6) is 0.275. The van der Waals surface area contributed by atoms with Crippen molar-refractivity contribution in [2.24, 2.45) is 0 Å². The van der Waals surface area contributed by atoms with E-state index in [4.69, 9.17) is 0 Å². The minimum Gasteiger partial charge on any atom is -0.270 e. The zero-order chi connectivity index (χ0) is 10.9. The van der Waals surface area contributed by atoms with Gasteiger partial charge in [0.05, 0.1) is 11.4 Å². The molecule has 0 N–H and O–H groups in total. The van der Waals surface area contributed by atoms with Crippen molar-refractivity contribution >= 4 is 27.5 Å². The largest absolute Gasteiger partial charge is 0.270 e. The highest BCUT2D eigenvalue weighted by atomic mass is 32.2. The van der Waals surface area contributed by atoms with Gasteiger partial charge in [0.2, 0.25) is 10.0 Å². The molecular formula is C10H13NO2S2. The summed E-state index contributed by atoms with van der Waals surface area (Å²) in [5.41, 5.74) is 0.783. The fraction of sp³-hybridized carbons (Fsp3) is 0.400. The molecule has 15 heavy (non-hydrogen) atoms. The molecule has 0 unspecified atom stereocenters. The van der Waals surface area contributed by atoms with E-state index in [1.165, 1.54) is 4.31 Å². The van der Waals surface area contributed by atoms with Crippen molar-refractivity contribution < 1.29 is 8.42 Å². The molecule has 3 nitrogen and oxygen atoms in total. The Bertz CT molecular complexity index is 439. The number of anilines is 1. The molecule has 0 saturated carbocycles. The summed E-state index contributed by atoms with van der Waals surface area (Å²) in [7, 11) is -3.03. The summed E-state index contributed by atoms with van der Waals surface area (Å²) < 4.78 is 24.8. The van der Waals surface area contributed by atoms with E-state index in [1.54, 1.807) is 11.8 Å². The predicted octanol–water partition coefficient (Wildman–Crippen LogP) is 1.95. The third kappa shape index (κ3) is 2.13. The Hall–Kier alpha value is -0.680. The molecule has 1 aliphatic rings. The van der Waals surface area contributed by atoms with Crippen LogP contribution in [0.2, 0.25) is 0 Å². The predicted molar refractivity (Wildman–Crippen MR) is 64.0 cm³/mol. The van der Waals surface area contributed by atoms with Gasteiger partial charge in [-0.25, -0.2) is 8.42 Å². The zero-order valence-electron chi connectivity index (χ0n) is 8.51. The van der Waals surface area contributed by atoms with Gasteiger partial charge in [-0.2, -0.15) is 0 Å². The van der Waals surface area contributed by atoms with Crippen LogP contribution in [0.1, 0.15) is 6.42 Å². The Kier molecular flexibility index (Phi) is 2.93. The van der Waals surface area contributed by atoms with Crippen molar-refractivity contribution in [3.8, 4) is 0 Å². The quantitative estimate of drug-likeness (QED) is 0.745. The molecule has 1 fully saturated rings. The van der Waals surface area contributed by atoms with Gasteiger partial charge in [0.1, 0.15) is 0 Å². The summed E-state index contributed by atoms with van der Waals surface area (Å²) in [5, 5.41) is 0. The topological polar surface area (TPSA) is 37.4 Å². The van der Waals surface area contributed by atoms with E-state index < -0.39 is 10.0 Å². The molecule has 0 aromatic heterocycles. The third-order valence-corrected chi connectivity index (χ3v) is 5.07. The lowest BCUT2D eigenvalue weighted by Gasteiger charge is -2.16. The highest BCUT2D eigenvalue weighted by molar-refractivity contribution is 7.98. The summed E-state index contributed by atoms with van der Waals surface area (Å²) >= 11 is 1.65. The first-order valence-electron chi connectivity index (χ1n) is 4.78. The Morgan fingerprint density at radius 1 is 1.27 bits per heavy atom. The number of benzene rings is 1. The van der Waals surface area contributed by atoms with Crippen LogP contribution in [0.15, 0.2) is 29.2 Å². The maximum atomic E-state index is 11.6. The maximum absolute atomic E-state index is 11.6. The van der Waals surface area contributed by atoms with Crippen LogP contribution in [0.3, 0.4) is 0 Å². The van der Waals surface area contributed by atoms with Crippen molar-refractivity contribution in [3.05, 3.63) is 24.3 Å². The Morgan fingerprint density at radius 2 is 1.93 bits per heavy atom. The van der Waals surface area contributed by atoms with Gasteiger partial charge in [-0.15, -0.1) is 11.8 Å². The van der Waals surface area contributed by atoms with Crippen molar-refractivity contribution in [2.45, 2.75) is 11.3 Å². The van der Waals surface area contributed by atoms with Crippen LogP contribution in [-0.4, -0.2) is 27.0 Å². The second-order valence-electron chi connectivity index (χ2n) is 3.44. The fourth-order valence-electron chi connectivity index (χ4n) is 1.68. The van der Waals surface area contributed by atoms with Crippen LogP contribution in [0, 0.1) is 0 Å². The van der Waals surface area contributed by atoms with Gasteiger partial charge >= 0.3 is 0 Å². The van der Waals surface area contributed by atoms with Crippen molar-refractivity contribution in [1.29, 1.82) is 0 Å². The first-order chi connectivity index (χ1) is 7.13. The molecule has 1 heterocycles. The van der Waals surface area contributed by atoms with Crippen LogP contribution in [0.25, 0.3) is 0 Å². The molecule has 1 aliphatic heterocycles. The van der Waals surface area contributed by atoms with Gasteiger partial charge < -0.3 is 0 Å². The van der Waals surface area contributed by atoms with Gasteiger partial charge in [-0.05, 0) is 36.9 Å². The summed E-state index contributed by atoms with van der Waals surface area (Å²) in [6.45, 7) is 0.612. The van der Waals surface area contributed by atoms with Crippen molar-refractivity contribution in [3.63, 3.8) is 0 Å². The molecule has 5 heteroatoms. The van der Waals surface area contributed by atoms with Gasteiger partial charge in [0, 0.05) is 11.4 Å². The Labute approximate surface area is 94.5 Å². The van der Waals surface area contributed by atoms with Crippen LogP contribution >= 0.6 is 11.8 Å². The second kappa shape index (κ2) is 4.06. The highest BCUT2D eigenvalue weighted by Gasteiger charge is 2.28. The first-order valence-corrected chi connectivity index (χ1v) is 7.61. The van der Waals surface area contributed by atoms with E-state index in [2.05, 4.69) is 0 Å². The summed E-state index contributed by atoms with van der Waals surface area (Å²) in [4.78, 5) is 1.15. The molecule has 0 atom stereocenters. The number of rotatable bonds is 2. The SMILES string of the molecule is CSc1ccc(N2CCCS2(=O)=O)cc1. The zero-order valence-corrected chi connectivity index (χ0v) is 10.1. The lowest BCUT2D eigenvalue weighted by molar-refractivity contribution is 0.599. The number of thioether (sulfide) groups is 1. The average molecular weight is 243 g/mol. The monoisotopic (exact) mass is 243 g/mol. The standard InChI is InChI=1S/C10H13NO2S2/c1-14-10-5-3-9(4-6-10)11-7-2-8-15(11,12)13/h3-6H,2,7-8H2,1H3. The van der Waals surface area contributed by atoms with Gasteiger partial charge in [-0.1, -0.05) is 0 Å². The van der Waals surface area contributed by atoms with Crippen LogP contribution in [-0.2, 0) is 10.0 Å². The molecule has 0 radical (unpaired) electrons. The van der Waals surface area contributed by atoms with E-state index in [9.17, 15) is 8.42 Å². The van der Waals surface area contributed by atoms with Crippen LogP contribution in [0.5, 0.6) is 0 Å². The molecule has 1 saturated heterocycles. The Morgan fingerprint density at radius 3 is 2.40 bits per heavy atom. The smallest absolute Gasteiger partial charge is 0.235 e. The highest BCUT2D eigenvalue weighted by Crippen LogP contribution is 2.26. The number of hydrogen-bond acceptors (Lipinski definition) is 3. The lowest BCUT2D eigenvalue weighted by atomic mass is 10.3. The molecule has 0 bridgehead atoms. The van der Waals surface area contributed by atoms with Crippen LogP contribution in [0.4, 0.5) is 5.69 Å². The molecule has 1 aromatic carbocycles. The van der Waals surface area contributed by atoms with Gasteiger partial charge in [-0.3, -0.25) is 4.31 Å². The molecule has 0 amide bonds. The Balaban J connectivity index is 2.30. The summed E-state index contributed by atoms with van der Waals surface area (Å²) in [6, 6.07) is 7.64. The normalized spacial score (nSPS) is 19.4. The van der Waals surface area contributed by atoms with Crippen molar-refractivity contribution in [1.82, 2.24) is 0 Å². The van der Waals surface area contributed by atoms with E-state index in [0.29, 0.717) is 6.54 Å². The lowest BCUT2D eigenvalue weighted by Crippen LogP contribution is -2.24. The van der Waals surface area contributed by atoms with Crippen molar-refractivity contribution in [2.75, 3.05) is 22.9 Å². The average Bonchev–Trinajstić information content (AvgIpc) is 2.58. The molecular weight excluding hydrogens is 230 g/mol. The molecule has 82 valence electrons. The van der Waals surface area contributed by atoms with E-state index in [-0.39, 0.29) is 5.75 Å². The second-order valence-corrected chi connectivity index (χ2v) is 6.33. The molecule has 0 aliphatic carbocycles. The van der Waals surface area contributed by atoms with E-state index >= 15 is 0 Å². The van der Waals surface area contributed by atoms with Crippen LogP contribution < -0.4 is 4.31 Å². The molecule has 0 spiro atoms. The van der Waals surface area contributed by atoms with E-state index in [0.717, 1.165) is 17.0 Å². The molecule has 1 aromatic rings. The number of hydrogen-bond donors (Lipinski definition) is 0. The number of sulfonamides is 1. The fourth-order valence-corrected chi connectivity index (χ4v) is 3.65. The summed E-state index contributed by atoms with van der Waals surface area (Å²) in [6.07, 6.45) is 2.73. The minimum absolute atomic E-state index is 0.275. The molecule has 2 rings (SSSR count). The van der Waals surface area contributed by atoms with Gasteiger partial charge in [0.25, 0.3) is 0 Å².